The van der Waals surface area contributed by atoms with Crippen molar-refractivity contribution in [1.29, 1.82) is 0 Å². The molecule has 1 heterocycles. The maximum absolute atomic E-state index is 12.8. The van der Waals surface area contributed by atoms with Gasteiger partial charge in [0.2, 0.25) is 0 Å². The van der Waals surface area contributed by atoms with Crippen LogP contribution in [0.2, 0.25) is 0 Å². The minimum absolute atomic E-state index is 0.212. The SMILES string of the molecule is O=S(=O)(Nc1ccc(F)cc1)c1ccc2c(c1)CNC2. The average molecular weight is 292 g/mol. The van der Waals surface area contributed by atoms with Gasteiger partial charge in [-0.2, -0.15) is 0 Å². The molecular formula is C14H13FN2O2S. The number of nitrogens with one attached hydrogen (secondary N) is 2. The van der Waals surface area contributed by atoms with Crippen molar-refractivity contribution in [3.63, 3.8) is 0 Å². The van der Waals surface area contributed by atoms with E-state index in [4.69, 9.17) is 0 Å². The maximum Gasteiger partial charge on any atom is 0.261 e. The molecule has 0 bridgehead atoms. The van der Waals surface area contributed by atoms with Gasteiger partial charge in [-0.1, -0.05) is 6.07 Å². The van der Waals surface area contributed by atoms with Crippen LogP contribution in [-0.4, -0.2) is 8.42 Å². The van der Waals surface area contributed by atoms with Crippen LogP contribution in [-0.2, 0) is 23.1 Å². The number of hydrogen-bond donors (Lipinski definition) is 2. The van der Waals surface area contributed by atoms with Gasteiger partial charge in [0, 0.05) is 18.8 Å². The standard InChI is InChI=1S/C14H13FN2O2S/c15-12-2-4-13(5-3-12)17-20(18,19)14-6-1-10-8-16-9-11(10)7-14/h1-7,16-17H,8-9H2. The van der Waals surface area contributed by atoms with Crippen LogP contribution in [0.5, 0.6) is 0 Å². The summed E-state index contributed by atoms with van der Waals surface area (Å²) in [5.74, 6) is -0.406. The first-order valence-corrected chi connectivity index (χ1v) is 7.64. The molecule has 0 radical (unpaired) electrons. The molecule has 0 aromatic heterocycles. The zero-order valence-electron chi connectivity index (χ0n) is 10.6. The Morgan fingerprint density at radius 3 is 2.45 bits per heavy atom. The van der Waals surface area contributed by atoms with Crippen LogP contribution in [0.15, 0.2) is 47.4 Å². The Kier molecular flexibility index (Phi) is 3.19. The predicted octanol–water partition coefficient (Wildman–Crippen LogP) is 2.23. The Morgan fingerprint density at radius 1 is 1.00 bits per heavy atom. The highest BCUT2D eigenvalue weighted by Gasteiger charge is 2.18. The molecule has 0 saturated heterocycles. The highest BCUT2D eigenvalue weighted by atomic mass is 32.2. The van der Waals surface area contributed by atoms with E-state index < -0.39 is 15.8 Å². The monoisotopic (exact) mass is 292 g/mol. The van der Waals surface area contributed by atoms with E-state index in [0.717, 1.165) is 17.7 Å². The third-order valence-corrected chi connectivity index (χ3v) is 4.59. The van der Waals surface area contributed by atoms with E-state index in [1.807, 2.05) is 6.07 Å². The zero-order valence-corrected chi connectivity index (χ0v) is 11.4. The fourth-order valence-corrected chi connectivity index (χ4v) is 3.28. The van der Waals surface area contributed by atoms with Crippen molar-refractivity contribution in [1.82, 2.24) is 5.32 Å². The molecule has 20 heavy (non-hydrogen) atoms. The topological polar surface area (TPSA) is 58.2 Å². The Morgan fingerprint density at radius 2 is 1.70 bits per heavy atom. The van der Waals surface area contributed by atoms with E-state index >= 15 is 0 Å². The van der Waals surface area contributed by atoms with E-state index in [1.165, 1.54) is 24.3 Å². The van der Waals surface area contributed by atoms with Crippen molar-refractivity contribution < 1.29 is 12.8 Å². The van der Waals surface area contributed by atoms with Gasteiger partial charge >= 0.3 is 0 Å². The van der Waals surface area contributed by atoms with E-state index in [-0.39, 0.29) is 4.90 Å². The lowest BCUT2D eigenvalue weighted by Gasteiger charge is -2.09. The molecule has 6 heteroatoms. The van der Waals surface area contributed by atoms with Crippen molar-refractivity contribution in [3.8, 4) is 0 Å². The minimum Gasteiger partial charge on any atom is -0.309 e. The summed E-state index contributed by atoms with van der Waals surface area (Å²) in [4.78, 5) is 0.212. The van der Waals surface area contributed by atoms with E-state index in [1.54, 1.807) is 12.1 Å². The highest BCUT2D eigenvalue weighted by molar-refractivity contribution is 7.92. The van der Waals surface area contributed by atoms with Gasteiger partial charge in [0.1, 0.15) is 5.82 Å². The summed E-state index contributed by atoms with van der Waals surface area (Å²) in [5, 5.41) is 3.17. The van der Waals surface area contributed by atoms with E-state index in [9.17, 15) is 12.8 Å². The van der Waals surface area contributed by atoms with Crippen LogP contribution < -0.4 is 10.0 Å². The van der Waals surface area contributed by atoms with Gasteiger partial charge in [-0.25, -0.2) is 12.8 Å². The summed E-state index contributed by atoms with van der Waals surface area (Å²) in [6.07, 6.45) is 0. The molecule has 1 aliphatic rings. The van der Waals surface area contributed by atoms with Crippen LogP contribution in [0.25, 0.3) is 0 Å². The lowest BCUT2D eigenvalue weighted by molar-refractivity contribution is 0.601. The fraction of sp³-hybridized carbons (Fsp3) is 0.143. The summed E-state index contributed by atoms with van der Waals surface area (Å²) >= 11 is 0. The lowest BCUT2D eigenvalue weighted by atomic mass is 10.1. The van der Waals surface area contributed by atoms with Crippen LogP contribution in [0.1, 0.15) is 11.1 Å². The fourth-order valence-electron chi connectivity index (χ4n) is 2.17. The number of sulfonamides is 1. The average Bonchev–Trinajstić information content (AvgIpc) is 2.88. The molecule has 3 rings (SSSR count). The van der Waals surface area contributed by atoms with Crippen molar-refractivity contribution in [2.45, 2.75) is 18.0 Å². The predicted molar refractivity (Wildman–Crippen MR) is 74.2 cm³/mol. The van der Waals surface area contributed by atoms with Crippen molar-refractivity contribution in [2.75, 3.05) is 4.72 Å². The number of anilines is 1. The van der Waals surface area contributed by atoms with Crippen molar-refractivity contribution in [3.05, 3.63) is 59.4 Å². The van der Waals surface area contributed by atoms with Gasteiger partial charge < -0.3 is 5.32 Å². The molecule has 4 nitrogen and oxygen atoms in total. The lowest BCUT2D eigenvalue weighted by Crippen LogP contribution is -2.13. The number of halogens is 1. The number of hydrogen-bond acceptors (Lipinski definition) is 3. The molecule has 0 fully saturated rings. The summed E-state index contributed by atoms with van der Waals surface area (Å²) < 4.78 is 39.8. The molecule has 2 N–H and O–H groups in total. The van der Waals surface area contributed by atoms with Crippen molar-refractivity contribution >= 4 is 15.7 Å². The molecule has 0 saturated carbocycles. The molecule has 104 valence electrons. The smallest absolute Gasteiger partial charge is 0.261 e. The third-order valence-electron chi connectivity index (χ3n) is 3.22. The van der Waals surface area contributed by atoms with Crippen molar-refractivity contribution in [2.24, 2.45) is 0 Å². The Hall–Kier alpha value is -1.92. The Balaban J connectivity index is 1.90. The van der Waals surface area contributed by atoms with Crippen LogP contribution in [0, 0.1) is 5.82 Å². The summed E-state index contributed by atoms with van der Waals surface area (Å²) in [5.41, 5.74) is 2.45. The molecule has 0 spiro atoms. The highest BCUT2D eigenvalue weighted by Crippen LogP contribution is 2.22. The van der Waals surface area contributed by atoms with Crippen LogP contribution in [0.4, 0.5) is 10.1 Å². The molecule has 2 aromatic carbocycles. The first kappa shape index (κ1) is 13.1. The van der Waals surface area contributed by atoms with Gasteiger partial charge in [0.15, 0.2) is 0 Å². The summed E-state index contributed by atoms with van der Waals surface area (Å²) in [6.45, 7) is 1.44. The van der Waals surface area contributed by atoms with Gasteiger partial charge in [-0.15, -0.1) is 0 Å². The van der Waals surface area contributed by atoms with Crippen LogP contribution in [0.3, 0.4) is 0 Å². The molecule has 1 aliphatic heterocycles. The second-order valence-electron chi connectivity index (χ2n) is 4.65. The molecule has 0 atom stereocenters. The van der Waals surface area contributed by atoms with E-state index in [2.05, 4.69) is 10.0 Å². The number of benzene rings is 2. The molecular weight excluding hydrogens is 279 g/mol. The van der Waals surface area contributed by atoms with Gasteiger partial charge in [-0.05, 0) is 47.5 Å². The van der Waals surface area contributed by atoms with E-state index in [0.29, 0.717) is 12.2 Å². The number of fused-ring (bicyclic) bond motifs is 1. The maximum atomic E-state index is 12.8. The summed E-state index contributed by atoms with van der Waals surface area (Å²) in [6, 6.07) is 10.3. The largest absolute Gasteiger partial charge is 0.309 e. The van der Waals surface area contributed by atoms with Gasteiger partial charge in [0.25, 0.3) is 10.0 Å². The molecule has 0 unspecified atom stereocenters. The normalized spacial score (nSPS) is 14.1. The number of rotatable bonds is 3. The molecule has 2 aromatic rings. The molecule has 0 amide bonds. The third kappa shape index (κ3) is 2.52. The quantitative estimate of drug-likeness (QED) is 0.912. The van der Waals surface area contributed by atoms with Gasteiger partial charge in [-0.3, -0.25) is 4.72 Å². The minimum atomic E-state index is -3.65. The second kappa shape index (κ2) is 4.88. The first-order valence-electron chi connectivity index (χ1n) is 6.15. The molecule has 0 aliphatic carbocycles. The Bertz CT molecular complexity index is 742. The first-order chi connectivity index (χ1) is 9.54. The Labute approximate surface area is 116 Å². The second-order valence-corrected chi connectivity index (χ2v) is 6.33. The summed E-state index contributed by atoms with van der Waals surface area (Å²) in [7, 11) is -3.65. The zero-order chi connectivity index (χ0) is 14.2. The van der Waals surface area contributed by atoms with Crippen LogP contribution >= 0.6 is 0 Å². The van der Waals surface area contributed by atoms with Gasteiger partial charge in [0.05, 0.1) is 4.90 Å².